The Balaban J connectivity index is 4.18. The van der Waals surface area contributed by atoms with Crippen molar-refractivity contribution < 1.29 is 24.2 Å². The van der Waals surface area contributed by atoms with Crippen LogP contribution >= 0.6 is 0 Å². The van der Waals surface area contributed by atoms with E-state index in [0.717, 1.165) is 77.0 Å². The number of hydrogen-bond donors (Lipinski definition) is 2. The molecular weight excluding hydrogens is 634 g/mol. The van der Waals surface area contributed by atoms with Gasteiger partial charge in [-0.1, -0.05) is 179 Å². The molecule has 6 nitrogen and oxygen atoms in total. The summed E-state index contributed by atoms with van der Waals surface area (Å²) in [5, 5.41) is 11.1. The molecule has 0 saturated heterocycles. The molecule has 0 heterocycles. The summed E-state index contributed by atoms with van der Waals surface area (Å²) in [6.07, 6.45) is 48.7. The van der Waals surface area contributed by atoms with Crippen molar-refractivity contribution in [3.63, 3.8) is 0 Å². The summed E-state index contributed by atoms with van der Waals surface area (Å²) in [7, 11) is 0. The molecule has 0 spiro atoms. The van der Waals surface area contributed by atoms with Crippen LogP contribution in [0.25, 0.3) is 0 Å². The molecular formula is C45H83NO5. The van der Waals surface area contributed by atoms with Gasteiger partial charge in [-0.05, 0) is 64.2 Å². The highest BCUT2D eigenvalue weighted by atomic mass is 16.5. The van der Waals surface area contributed by atoms with Crippen LogP contribution in [0.1, 0.15) is 232 Å². The number of esters is 1. The molecule has 0 fully saturated rings. The molecule has 0 aliphatic heterocycles. The molecule has 0 aromatic rings. The number of rotatable bonds is 40. The second-order valence-electron chi connectivity index (χ2n) is 15.0. The Morgan fingerprint density at radius 3 is 1.41 bits per heavy atom. The van der Waals surface area contributed by atoms with E-state index >= 15 is 0 Å². The van der Waals surface area contributed by atoms with Crippen molar-refractivity contribution in [3.05, 3.63) is 24.3 Å². The number of carboxylic acid groups (broad SMARTS) is 1. The highest BCUT2D eigenvalue weighted by Crippen LogP contribution is 2.19. The summed E-state index contributed by atoms with van der Waals surface area (Å²) < 4.78 is 6.03. The summed E-state index contributed by atoms with van der Waals surface area (Å²) in [6.45, 7) is 4.20. The van der Waals surface area contributed by atoms with Gasteiger partial charge in [0.25, 0.3) is 0 Å². The monoisotopic (exact) mass is 718 g/mol. The van der Waals surface area contributed by atoms with Gasteiger partial charge in [-0.15, -0.1) is 0 Å². The Bertz CT molecular complexity index is 838. The smallest absolute Gasteiger partial charge is 0.322 e. The predicted molar refractivity (Wildman–Crippen MR) is 217 cm³/mol. The number of allylic oxidation sites excluding steroid dienone is 4. The fourth-order valence-corrected chi connectivity index (χ4v) is 6.59. The van der Waals surface area contributed by atoms with E-state index in [1.807, 2.05) is 0 Å². The zero-order valence-corrected chi connectivity index (χ0v) is 33.7. The number of ether oxygens (including phenoxy) is 1. The summed E-state index contributed by atoms with van der Waals surface area (Å²) in [4.78, 5) is 35.0. The van der Waals surface area contributed by atoms with Gasteiger partial charge in [0.2, 0.25) is 5.91 Å². The van der Waals surface area contributed by atoms with Crippen molar-refractivity contribution in [1.29, 1.82) is 0 Å². The fraction of sp³-hybridized carbons (Fsp3) is 0.844. The second kappa shape index (κ2) is 40.7. The summed E-state index contributed by atoms with van der Waals surface area (Å²) in [6, 6.07) is 0. The number of carbonyl (C=O) groups is 3. The number of aliphatic carboxylic acids is 1. The van der Waals surface area contributed by atoms with Gasteiger partial charge in [0.1, 0.15) is 12.6 Å². The number of carbonyl (C=O) groups excluding carboxylic acids is 2. The first-order valence-electron chi connectivity index (χ1n) is 22.0. The van der Waals surface area contributed by atoms with Crippen molar-refractivity contribution in [1.82, 2.24) is 5.32 Å². The van der Waals surface area contributed by atoms with Crippen LogP contribution in [-0.4, -0.2) is 35.6 Å². The first-order chi connectivity index (χ1) is 25.0. The van der Waals surface area contributed by atoms with Crippen LogP contribution in [0, 0.1) is 0 Å². The molecule has 0 radical (unpaired) electrons. The average Bonchev–Trinajstić information content (AvgIpc) is 3.11. The van der Waals surface area contributed by atoms with Crippen LogP contribution in [0.4, 0.5) is 0 Å². The first kappa shape index (κ1) is 48.9. The molecule has 51 heavy (non-hydrogen) atoms. The van der Waals surface area contributed by atoms with Crippen molar-refractivity contribution >= 4 is 17.8 Å². The van der Waals surface area contributed by atoms with Crippen molar-refractivity contribution in [3.8, 4) is 0 Å². The van der Waals surface area contributed by atoms with E-state index in [1.165, 1.54) is 128 Å². The van der Waals surface area contributed by atoms with Crippen LogP contribution < -0.4 is 5.32 Å². The minimum absolute atomic E-state index is 0.0227. The second-order valence-corrected chi connectivity index (χ2v) is 15.0. The Hall–Kier alpha value is -2.11. The quantitative estimate of drug-likeness (QED) is 0.0374. The topological polar surface area (TPSA) is 92.7 Å². The molecule has 0 aromatic carbocycles. The molecule has 1 atom stereocenters. The zero-order valence-electron chi connectivity index (χ0n) is 33.7. The largest absolute Gasteiger partial charge is 0.480 e. The summed E-state index contributed by atoms with van der Waals surface area (Å²) >= 11 is 0. The summed E-state index contributed by atoms with van der Waals surface area (Å²) in [5.74, 6) is -1.23. The number of nitrogens with one attached hydrogen (secondary N) is 1. The van der Waals surface area contributed by atoms with Crippen LogP contribution in [0.2, 0.25) is 0 Å². The molecule has 0 aliphatic rings. The lowest BCUT2D eigenvalue weighted by Gasteiger charge is -2.18. The molecule has 298 valence electrons. The Kier molecular flexibility index (Phi) is 39.0. The normalized spacial score (nSPS) is 12.2. The van der Waals surface area contributed by atoms with Gasteiger partial charge in [-0.25, -0.2) is 0 Å². The highest BCUT2D eigenvalue weighted by Gasteiger charge is 2.14. The van der Waals surface area contributed by atoms with Gasteiger partial charge in [0, 0.05) is 12.8 Å². The van der Waals surface area contributed by atoms with Gasteiger partial charge >= 0.3 is 11.9 Å². The molecule has 0 aromatic heterocycles. The van der Waals surface area contributed by atoms with E-state index in [4.69, 9.17) is 9.84 Å². The van der Waals surface area contributed by atoms with Crippen molar-refractivity contribution in [2.45, 2.75) is 238 Å². The minimum Gasteiger partial charge on any atom is -0.480 e. The van der Waals surface area contributed by atoms with Crippen LogP contribution in [0.3, 0.4) is 0 Å². The van der Waals surface area contributed by atoms with Gasteiger partial charge in [0.15, 0.2) is 0 Å². The fourth-order valence-electron chi connectivity index (χ4n) is 6.59. The lowest BCUT2D eigenvalue weighted by molar-refractivity contribution is -0.150. The molecule has 2 N–H and O–H groups in total. The van der Waals surface area contributed by atoms with Crippen LogP contribution in [-0.2, 0) is 19.1 Å². The van der Waals surface area contributed by atoms with Crippen LogP contribution in [0.5, 0.6) is 0 Å². The van der Waals surface area contributed by atoms with Crippen LogP contribution in [0.15, 0.2) is 24.3 Å². The minimum atomic E-state index is -1.02. The Morgan fingerprint density at radius 1 is 0.510 bits per heavy atom. The average molecular weight is 718 g/mol. The van der Waals surface area contributed by atoms with E-state index in [-0.39, 0.29) is 24.5 Å². The molecule has 0 rings (SSSR count). The Labute approximate surface area is 315 Å². The number of unbranched alkanes of at least 4 members (excludes halogenated alkanes) is 25. The Morgan fingerprint density at radius 2 is 0.922 bits per heavy atom. The lowest BCUT2D eigenvalue weighted by atomic mass is 10.0. The molecule has 6 heteroatoms. The SMILES string of the molecule is CCCC/C=C\C/C=C\CCCCCCCC(=O)OC(CCCCCCCCCCCCCCCCC)CCCCCCCC(=O)NCC(=O)O. The number of amides is 1. The molecule has 1 unspecified atom stereocenters. The third-order valence-electron chi connectivity index (χ3n) is 9.88. The standard InChI is InChI=1S/C45H83NO5/c1-3-5-7-9-11-13-15-17-19-20-22-24-26-29-33-37-42(38-34-30-28-31-35-39-43(47)46-41-44(48)49)51-45(50)40-36-32-27-25-23-21-18-16-14-12-10-8-6-4-2/h10,12,16,18,42H,3-9,11,13-15,17,19-41H2,1-2H3,(H,46,47)(H,48,49)/b12-10-,18-16-. The molecule has 1 amide bonds. The van der Waals surface area contributed by atoms with E-state index in [0.29, 0.717) is 12.8 Å². The molecule has 0 saturated carbocycles. The number of hydrogen-bond acceptors (Lipinski definition) is 4. The van der Waals surface area contributed by atoms with Crippen molar-refractivity contribution in [2.75, 3.05) is 6.54 Å². The van der Waals surface area contributed by atoms with Gasteiger partial charge in [-0.3, -0.25) is 14.4 Å². The predicted octanol–water partition coefficient (Wildman–Crippen LogP) is 13.5. The van der Waals surface area contributed by atoms with E-state index in [9.17, 15) is 14.4 Å². The van der Waals surface area contributed by atoms with Gasteiger partial charge in [-0.2, -0.15) is 0 Å². The zero-order chi connectivity index (χ0) is 37.3. The first-order valence-corrected chi connectivity index (χ1v) is 22.0. The highest BCUT2D eigenvalue weighted by molar-refractivity contribution is 5.80. The van der Waals surface area contributed by atoms with E-state index in [2.05, 4.69) is 43.5 Å². The number of carboxylic acids is 1. The van der Waals surface area contributed by atoms with E-state index < -0.39 is 5.97 Å². The molecule has 0 bridgehead atoms. The third-order valence-corrected chi connectivity index (χ3v) is 9.88. The summed E-state index contributed by atoms with van der Waals surface area (Å²) in [5.41, 5.74) is 0. The molecule has 0 aliphatic carbocycles. The van der Waals surface area contributed by atoms with Crippen molar-refractivity contribution in [2.24, 2.45) is 0 Å². The van der Waals surface area contributed by atoms with Gasteiger partial charge < -0.3 is 15.2 Å². The van der Waals surface area contributed by atoms with Gasteiger partial charge in [0.05, 0.1) is 0 Å². The van der Waals surface area contributed by atoms with E-state index in [1.54, 1.807) is 0 Å². The third kappa shape index (κ3) is 40.5. The maximum absolute atomic E-state index is 12.8. The maximum Gasteiger partial charge on any atom is 0.322 e. The lowest BCUT2D eigenvalue weighted by Crippen LogP contribution is -2.28. The maximum atomic E-state index is 12.8.